The summed E-state index contributed by atoms with van der Waals surface area (Å²) in [4.78, 5) is 18.2. The van der Waals surface area contributed by atoms with Gasteiger partial charge in [-0.2, -0.15) is 0 Å². The SMILES string of the molecule is CC(C)(C)[Si](C)(C)OCc1cccc(-c2cnc(N3CC(=NOCCN4CC(F)C4)C3)nc2)c1F. The van der Waals surface area contributed by atoms with Gasteiger partial charge in [-0.25, -0.2) is 18.7 Å². The first-order valence-corrected chi connectivity index (χ1v) is 15.0. The van der Waals surface area contributed by atoms with Crippen LogP contribution < -0.4 is 4.90 Å². The highest BCUT2D eigenvalue weighted by molar-refractivity contribution is 6.74. The second-order valence-electron chi connectivity index (χ2n) is 10.8. The number of oxime groups is 1. The Morgan fingerprint density at radius 2 is 1.83 bits per heavy atom. The van der Waals surface area contributed by atoms with Crippen molar-refractivity contribution < 1.29 is 18.0 Å². The van der Waals surface area contributed by atoms with Crippen molar-refractivity contribution in [2.45, 2.75) is 51.7 Å². The van der Waals surface area contributed by atoms with Crippen LogP contribution in [0, 0.1) is 5.82 Å². The Labute approximate surface area is 207 Å². The fraction of sp³-hybridized carbons (Fsp3) is 0.560. The first-order valence-electron chi connectivity index (χ1n) is 12.1. The third kappa shape index (κ3) is 6.04. The van der Waals surface area contributed by atoms with Crippen molar-refractivity contribution in [3.63, 3.8) is 0 Å². The number of alkyl halides is 1. The van der Waals surface area contributed by atoms with Crippen LogP contribution in [-0.4, -0.2) is 74.4 Å². The quantitative estimate of drug-likeness (QED) is 0.282. The number of benzene rings is 1. The summed E-state index contributed by atoms with van der Waals surface area (Å²) >= 11 is 0. The molecular weight excluding hydrogens is 468 g/mol. The minimum absolute atomic E-state index is 0.0623. The van der Waals surface area contributed by atoms with E-state index in [1.807, 2.05) is 15.9 Å². The first-order chi connectivity index (χ1) is 16.5. The summed E-state index contributed by atoms with van der Waals surface area (Å²) in [6.45, 7) is 14.4. The van der Waals surface area contributed by atoms with Gasteiger partial charge in [0.1, 0.15) is 18.6 Å². The van der Waals surface area contributed by atoms with Gasteiger partial charge < -0.3 is 14.2 Å². The standard InChI is InChI=1S/C25H35F2N5O2Si/c1-25(2,3)35(4,5)34-17-18-7-6-8-22(23(18)27)19-11-28-24(29-12-19)32-15-21(16-32)30-33-10-9-31-13-20(26)14-31/h6-8,11-12,20H,9-10,13-17H2,1-5H3. The maximum absolute atomic E-state index is 15.3. The van der Waals surface area contributed by atoms with Gasteiger partial charge in [0.25, 0.3) is 0 Å². The number of hydrogen-bond acceptors (Lipinski definition) is 7. The molecule has 0 aliphatic carbocycles. The zero-order chi connectivity index (χ0) is 25.2. The van der Waals surface area contributed by atoms with Crippen LogP contribution in [0.3, 0.4) is 0 Å². The van der Waals surface area contributed by atoms with Gasteiger partial charge in [-0.1, -0.05) is 44.1 Å². The van der Waals surface area contributed by atoms with E-state index >= 15 is 4.39 Å². The number of aromatic nitrogens is 2. The van der Waals surface area contributed by atoms with Crippen molar-refractivity contribution in [2.75, 3.05) is 44.2 Å². The maximum atomic E-state index is 15.3. The van der Waals surface area contributed by atoms with Gasteiger partial charge in [-0.15, -0.1) is 0 Å². The highest BCUT2D eigenvalue weighted by Gasteiger charge is 2.37. The third-order valence-corrected chi connectivity index (χ3v) is 11.5. The van der Waals surface area contributed by atoms with Gasteiger partial charge in [-0.05, 0) is 18.1 Å². The summed E-state index contributed by atoms with van der Waals surface area (Å²) in [7, 11) is -1.98. The predicted molar refractivity (Wildman–Crippen MR) is 136 cm³/mol. The van der Waals surface area contributed by atoms with E-state index in [9.17, 15) is 4.39 Å². The third-order valence-electron chi connectivity index (χ3n) is 7.06. The van der Waals surface area contributed by atoms with Gasteiger partial charge in [0.15, 0.2) is 8.32 Å². The number of nitrogens with zero attached hydrogens (tertiary/aromatic N) is 5. The second-order valence-corrected chi connectivity index (χ2v) is 15.6. The lowest BCUT2D eigenvalue weighted by molar-refractivity contribution is 0.0319. The fourth-order valence-electron chi connectivity index (χ4n) is 3.60. The Hall–Kier alpha value is -2.43. The van der Waals surface area contributed by atoms with Crippen molar-refractivity contribution in [3.05, 3.63) is 42.0 Å². The fourth-order valence-corrected chi connectivity index (χ4v) is 4.55. The van der Waals surface area contributed by atoms with Gasteiger partial charge in [0, 0.05) is 48.7 Å². The average Bonchev–Trinajstić information content (AvgIpc) is 2.75. The molecule has 0 unspecified atom stereocenters. The predicted octanol–water partition coefficient (Wildman–Crippen LogP) is 4.65. The summed E-state index contributed by atoms with van der Waals surface area (Å²) < 4.78 is 34.3. The zero-order valence-corrected chi connectivity index (χ0v) is 22.2. The lowest BCUT2D eigenvalue weighted by atomic mass is 10.1. The van der Waals surface area contributed by atoms with Gasteiger partial charge in [0.2, 0.25) is 5.95 Å². The molecule has 10 heteroatoms. The second kappa shape index (κ2) is 10.3. The Kier molecular flexibility index (Phi) is 7.53. The number of likely N-dealkylation sites (tertiary alicyclic amines) is 1. The normalized spacial score (nSPS) is 17.2. The zero-order valence-electron chi connectivity index (χ0n) is 21.2. The van der Waals surface area contributed by atoms with Crippen LogP contribution >= 0.6 is 0 Å². The van der Waals surface area contributed by atoms with E-state index in [4.69, 9.17) is 9.26 Å². The number of anilines is 1. The molecule has 0 radical (unpaired) electrons. The molecule has 0 amide bonds. The van der Waals surface area contributed by atoms with E-state index in [1.165, 1.54) is 0 Å². The highest BCUT2D eigenvalue weighted by atomic mass is 28.4. The molecular formula is C25H35F2N5O2Si. The molecule has 0 spiro atoms. The molecule has 1 aromatic heterocycles. The molecule has 2 aliphatic rings. The summed E-state index contributed by atoms with van der Waals surface area (Å²) in [6, 6.07) is 5.35. The van der Waals surface area contributed by atoms with Crippen molar-refractivity contribution in [1.29, 1.82) is 0 Å². The summed E-state index contributed by atoms with van der Waals surface area (Å²) in [5, 5.41) is 4.19. The van der Waals surface area contributed by atoms with Crippen molar-refractivity contribution >= 4 is 20.0 Å². The summed E-state index contributed by atoms with van der Waals surface area (Å²) in [5.74, 6) is 0.276. The Balaban J connectivity index is 1.30. The molecule has 0 atom stereocenters. The maximum Gasteiger partial charge on any atom is 0.225 e. The largest absolute Gasteiger partial charge is 0.412 e. The van der Waals surface area contributed by atoms with Crippen molar-refractivity contribution in [3.8, 4) is 11.1 Å². The molecule has 0 saturated carbocycles. The lowest BCUT2D eigenvalue weighted by Gasteiger charge is -2.36. The number of halogens is 2. The molecule has 7 nitrogen and oxygen atoms in total. The molecule has 35 heavy (non-hydrogen) atoms. The highest BCUT2D eigenvalue weighted by Crippen LogP contribution is 2.37. The molecule has 1 aromatic carbocycles. The van der Waals surface area contributed by atoms with Crippen LogP contribution in [-0.2, 0) is 15.9 Å². The van der Waals surface area contributed by atoms with E-state index in [0.29, 0.717) is 62.0 Å². The monoisotopic (exact) mass is 503 g/mol. The van der Waals surface area contributed by atoms with E-state index in [1.54, 1.807) is 24.5 Å². The van der Waals surface area contributed by atoms with Crippen LogP contribution in [0.25, 0.3) is 11.1 Å². The molecule has 0 bridgehead atoms. The van der Waals surface area contributed by atoms with Crippen LogP contribution in [0.1, 0.15) is 26.3 Å². The Morgan fingerprint density at radius 1 is 1.14 bits per heavy atom. The average molecular weight is 504 g/mol. The van der Waals surface area contributed by atoms with Crippen LogP contribution in [0.2, 0.25) is 18.1 Å². The Morgan fingerprint density at radius 3 is 2.46 bits per heavy atom. The van der Waals surface area contributed by atoms with E-state index in [-0.39, 0.29) is 17.5 Å². The Bertz CT molecular complexity index is 1040. The minimum Gasteiger partial charge on any atom is -0.412 e. The van der Waals surface area contributed by atoms with E-state index in [2.05, 4.69) is 49.0 Å². The van der Waals surface area contributed by atoms with E-state index in [0.717, 1.165) is 5.71 Å². The van der Waals surface area contributed by atoms with Crippen LogP contribution in [0.15, 0.2) is 35.7 Å². The lowest BCUT2D eigenvalue weighted by Crippen LogP contribution is -2.49. The molecule has 0 N–H and O–H groups in total. The molecule has 4 rings (SSSR count). The van der Waals surface area contributed by atoms with Crippen molar-refractivity contribution in [2.24, 2.45) is 5.16 Å². The smallest absolute Gasteiger partial charge is 0.225 e. The van der Waals surface area contributed by atoms with Gasteiger partial charge in [-0.3, -0.25) is 4.90 Å². The van der Waals surface area contributed by atoms with Crippen molar-refractivity contribution in [1.82, 2.24) is 14.9 Å². The van der Waals surface area contributed by atoms with Crippen LogP contribution in [0.5, 0.6) is 0 Å². The minimum atomic E-state index is -1.98. The number of rotatable bonds is 9. The van der Waals surface area contributed by atoms with Crippen LogP contribution in [0.4, 0.5) is 14.7 Å². The van der Waals surface area contributed by atoms with Gasteiger partial charge >= 0.3 is 0 Å². The molecule has 2 aliphatic heterocycles. The summed E-state index contributed by atoms with van der Waals surface area (Å²) in [5.41, 5.74) is 2.54. The molecule has 2 fully saturated rings. The van der Waals surface area contributed by atoms with Gasteiger partial charge in [0.05, 0.1) is 25.4 Å². The summed E-state index contributed by atoms with van der Waals surface area (Å²) in [6.07, 6.45) is 2.60. The first kappa shape index (κ1) is 25.7. The molecule has 3 heterocycles. The molecule has 2 aromatic rings. The molecule has 190 valence electrons. The topological polar surface area (TPSA) is 63.1 Å². The molecule has 2 saturated heterocycles. The van der Waals surface area contributed by atoms with E-state index < -0.39 is 14.5 Å². The number of hydrogen-bond donors (Lipinski definition) is 0.